The highest BCUT2D eigenvalue weighted by molar-refractivity contribution is 9.12. The van der Waals surface area contributed by atoms with Crippen LogP contribution in [0.3, 0.4) is 0 Å². The molecule has 2 aliphatic carbocycles. The molecule has 0 aromatic heterocycles. The lowest BCUT2D eigenvalue weighted by Crippen LogP contribution is -2.52. The Bertz CT molecular complexity index is 1700. The number of ketones is 1. The Morgan fingerprint density at radius 1 is 0.844 bits per heavy atom. The number of esters is 1. The van der Waals surface area contributed by atoms with Crippen molar-refractivity contribution in [3.8, 4) is 5.75 Å². The van der Waals surface area contributed by atoms with Crippen LogP contribution >= 0.6 is 43.5 Å². The van der Waals surface area contributed by atoms with Crippen molar-refractivity contribution in [1.29, 1.82) is 0 Å². The molecule has 230 valence electrons. The standard InChI is InChI=1S/C31H22Br2ClN3O8/c32-26-21-13-22(27(26)33)25-24(21)29(40)36(30(25)41)35(28(39)16-1-7-18(34)8-2-16)14-23(38)15-5-11-20(12-6-15)45-31(42)17-3-9-19(10-4-17)37(43)44/h1-12,21-22,24-27H,13-14H2/t21-,22-,24-,25-,26-,27+/m1/s1. The van der Waals surface area contributed by atoms with Crippen LogP contribution in [0.15, 0.2) is 72.8 Å². The van der Waals surface area contributed by atoms with E-state index in [1.807, 2.05) is 0 Å². The maximum Gasteiger partial charge on any atom is 0.343 e. The molecule has 3 fully saturated rings. The van der Waals surface area contributed by atoms with E-state index in [1.54, 1.807) is 0 Å². The second kappa shape index (κ2) is 12.1. The van der Waals surface area contributed by atoms with Crippen molar-refractivity contribution in [2.75, 3.05) is 6.54 Å². The predicted molar refractivity (Wildman–Crippen MR) is 167 cm³/mol. The van der Waals surface area contributed by atoms with Crippen molar-refractivity contribution in [3.63, 3.8) is 0 Å². The zero-order valence-corrected chi connectivity index (χ0v) is 27.0. The third-order valence-electron chi connectivity index (χ3n) is 8.52. The molecule has 1 heterocycles. The molecule has 45 heavy (non-hydrogen) atoms. The van der Waals surface area contributed by atoms with E-state index in [1.165, 1.54) is 72.8 Å². The molecule has 6 atom stereocenters. The Morgan fingerprint density at radius 2 is 1.36 bits per heavy atom. The Kier molecular flexibility index (Phi) is 8.35. The van der Waals surface area contributed by atoms with E-state index >= 15 is 0 Å². The lowest BCUT2D eigenvalue weighted by atomic mass is 9.81. The fourth-order valence-corrected chi connectivity index (χ4v) is 8.37. The van der Waals surface area contributed by atoms with E-state index in [0.29, 0.717) is 11.4 Å². The maximum atomic E-state index is 13.8. The lowest BCUT2D eigenvalue weighted by Gasteiger charge is -2.31. The first kappa shape index (κ1) is 31.1. The molecule has 0 unspecified atom stereocenters. The summed E-state index contributed by atoms with van der Waals surface area (Å²) in [5.74, 6) is -4.32. The summed E-state index contributed by atoms with van der Waals surface area (Å²) in [5, 5.41) is 13.0. The molecule has 14 heteroatoms. The number of nitro benzene ring substituents is 1. The molecule has 3 aromatic rings. The largest absolute Gasteiger partial charge is 0.423 e. The van der Waals surface area contributed by atoms with Gasteiger partial charge in [0.15, 0.2) is 5.78 Å². The van der Waals surface area contributed by atoms with Crippen LogP contribution in [-0.2, 0) is 9.59 Å². The summed E-state index contributed by atoms with van der Waals surface area (Å²) in [6.07, 6.45) is 0.706. The van der Waals surface area contributed by atoms with E-state index in [4.69, 9.17) is 16.3 Å². The topological polar surface area (TPSA) is 144 Å². The molecule has 0 N–H and O–H groups in total. The van der Waals surface area contributed by atoms with E-state index < -0.39 is 52.8 Å². The monoisotopic (exact) mass is 757 g/mol. The van der Waals surface area contributed by atoms with E-state index in [0.717, 1.165) is 10.0 Å². The molecular formula is C31H22Br2ClN3O8. The zero-order valence-electron chi connectivity index (χ0n) is 23.0. The fourth-order valence-electron chi connectivity index (χ4n) is 6.37. The summed E-state index contributed by atoms with van der Waals surface area (Å²) < 4.78 is 5.32. The number of fused-ring (bicyclic) bond motifs is 5. The highest BCUT2D eigenvalue weighted by Gasteiger charge is 2.67. The molecule has 0 spiro atoms. The molecule has 3 aliphatic rings. The van der Waals surface area contributed by atoms with Gasteiger partial charge in [-0.3, -0.25) is 29.3 Å². The quantitative estimate of drug-likeness (QED) is 0.0559. The third-order valence-corrected chi connectivity index (χ3v) is 12.0. The van der Waals surface area contributed by atoms with Crippen LogP contribution < -0.4 is 4.74 Å². The van der Waals surface area contributed by atoms with Gasteiger partial charge < -0.3 is 4.74 Å². The number of imide groups is 1. The summed E-state index contributed by atoms with van der Waals surface area (Å²) in [6, 6.07) is 16.3. The average molecular weight is 760 g/mol. The first-order valence-corrected chi connectivity index (χ1v) is 16.0. The number of rotatable bonds is 8. The van der Waals surface area contributed by atoms with Gasteiger partial charge in [-0.15, -0.1) is 0 Å². The van der Waals surface area contributed by atoms with Crippen LogP contribution in [-0.4, -0.2) is 60.6 Å². The van der Waals surface area contributed by atoms with Gasteiger partial charge in [-0.1, -0.05) is 43.5 Å². The second-order valence-electron chi connectivity index (χ2n) is 11.0. The number of hydrogen-bond acceptors (Lipinski definition) is 8. The molecule has 2 saturated carbocycles. The van der Waals surface area contributed by atoms with Crippen molar-refractivity contribution in [3.05, 3.63) is 105 Å². The molecular weight excluding hydrogens is 738 g/mol. The Hall–Kier alpha value is -3.94. The molecule has 1 saturated heterocycles. The van der Waals surface area contributed by atoms with Gasteiger partial charge in [-0.25, -0.2) is 9.80 Å². The van der Waals surface area contributed by atoms with Crippen molar-refractivity contribution in [2.45, 2.75) is 16.1 Å². The highest BCUT2D eigenvalue weighted by Crippen LogP contribution is 2.60. The molecule has 3 aromatic carbocycles. The number of halogens is 3. The molecule has 1 aliphatic heterocycles. The molecule has 3 amide bonds. The number of nitro groups is 1. The van der Waals surface area contributed by atoms with Crippen LogP contribution in [0.5, 0.6) is 5.75 Å². The van der Waals surface area contributed by atoms with Gasteiger partial charge in [0.05, 0.1) is 22.3 Å². The highest BCUT2D eigenvalue weighted by atomic mass is 79.9. The van der Waals surface area contributed by atoms with Crippen LogP contribution in [0.2, 0.25) is 5.02 Å². The van der Waals surface area contributed by atoms with Crippen molar-refractivity contribution < 1.29 is 33.6 Å². The minimum Gasteiger partial charge on any atom is -0.423 e. The third kappa shape index (κ3) is 5.57. The number of carbonyl (C=O) groups excluding carboxylic acids is 5. The van der Waals surface area contributed by atoms with Gasteiger partial charge in [0.1, 0.15) is 12.3 Å². The molecule has 11 nitrogen and oxygen atoms in total. The summed E-state index contributed by atoms with van der Waals surface area (Å²) >= 11 is 13.3. The predicted octanol–water partition coefficient (Wildman–Crippen LogP) is 5.49. The van der Waals surface area contributed by atoms with Gasteiger partial charge in [0, 0.05) is 37.9 Å². The summed E-state index contributed by atoms with van der Waals surface area (Å²) in [4.78, 5) is 77.5. The minimum atomic E-state index is -0.759. The number of non-ortho nitro benzene ring substituents is 1. The van der Waals surface area contributed by atoms with Crippen molar-refractivity contribution in [2.24, 2.45) is 23.7 Å². The van der Waals surface area contributed by atoms with Gasteiger partial charge >= 0.3 is 5.97 Å². The van der Waals surface area contributed by atoms with E-state index in [9.17, 15) is 34.1 Å². The van der Waals surface area contributed by atoms with Gasteiger partial charge in [-0.2, -0.15) is 5.01 Å². The number of Topliss-reactive ketones (excluding diaryl/α,β-unsaturated/α-hetero) is 1. The van der Waals surface area contributed by atoms with E-state index in [2.05, 4.69) is 31.9 Å². The average Bonchev–Trinajstić information content (AvgIpc) is 3.65. The number of benzene rings is 3. The van der Waals surface area contributed by atoms with Crippen molar-refractivity contribution in [1.82, 2.24) is 10.0 Å². The number of amides is 3. The van der Waals surface area contributed by atoms with Crippen LogP contribution in [0.25, 0.3) is 0 Å². The Balaban J connectivity index is 1.22. The number of nitrogens with zero attached hydrogens (tertiary/aromatic N) is 3. The maximum absolute atomic E-state index is 13.8. The van der Waals surface area contributed by atoms with Crippen molar-refractivity contribution >= 4 is 78.6 Å². The fraction of sp³-hybridized carbons (Fsp3) is 0.258. The SMILES string of the molecule is O=C(CN(C(=O)c1ccc(Cl)cc1)N1C(=O)[C@@H]2[C@H]3C[C@@H]([C@@H](Br)[C@H]3Br)[C@H]2C1=O)c1ccc(OC(=O)c2ccc([N+](=O)[O-])cc2)cc1. The first-order valence-electron chi connectivity index (χ1n) is 13.8. The summed E-state index contributed by atoms with van der Waals surface area (Å²) in [5.41, 5.74) is 0.191. The summed E-state index contributed by atoms with van der Waals surface area (Å²) in [6.45, 7) is -0.606. The number of alkyl halides is 2. The van der Waals surface area contributed by atoms with Gasteiger partial charge in [-0.05, 0) is 78.9 Å². The number of hydrazine groups is 1. The molecule has 2 bridgehead atoms. The van der Waals surface area contributed by atoms with Crippen LogP contribution in [0.4, 0.5) is 5.69 Å². The minimum absolute atomic E-state index is 0.00415. The zero-order chi connectivity index (χ0) is 32.2. The van der Waals surface area contributed by atoms with Crippen LogP contribution in [0, 0.1) is 33.8 Å². The second-order valence-corrected chi connectivity index (χ2v) is 13.6. The van der Waals surface area contributed by atoms with Gasteiger partial charge in [0.2, 0.25) is 0 Å². The Morgan fingerprint density at radius 3 is 1.89 bits per heavy atom. The lowest BCUT2D eigenvalue weighted by molar-refractivity contribution is -0.384. The number of carbonyl (C=O) groups is 5. The van der Waals surface area contributed by atoms with E-state index in [-0.39, 0.29) is 49.6 Å². The molecule has 0 radical (unpaired) electrons. The first-order chi connectivity index (χ1) is 21.5. The normalized spacial score (nSPS) is 24.8. The van der Waals surface area contributed by atoms with Crippen LogP contribution in [0.1, 0.15) is 37.5 Å². The number of hydrogen-bond donors (Lipinski definition) is 0. The summed E-state index contributed by atoms with van der Waals surface area (Å²) in [7, 11) is 0. The van der Waals surface area contributed by atoms with Gasteiger partial charge in [0.25, 0.3) is 23.4 Å². The smallest absolute Gasteiger partial charge is 0.343 e. The Labute approximate surface area is 277 Å². The number of ether oxygens (including phenoxy) is 1. The molecule has 6 rings (SSSR count).